The van der Waals surface area contributed by atoms with Crippen LogP contribution in [0.25, 0.3) is 17.1 Å². The molecule has 168 valence electrons. The number of thioether (sulfide) groups is 1. The molecule has 0 aliphatic carbocycles. The van der Waals surface area contributed by atoms with Crippen LogP contribution >= 0.6 is 23.4 Å². The van der Waals surface area contributed by atoms with E-state index in [-0.39, 0.29) is 10.9 Å². The summed E-state index contributed by atoms with van der Waals surface area (Å²) < 4.78 is 15.2. The number of rotatable bonds is 6. The zero-order chi connectivity index (χ0) is 23.5. The quantitative estimate of drug-likeness (QED) is 0.349. The van der Waals surface area contributed by atoms with Crippen molar-refractivity contribution in [3.8, 4) is 17.1 Å². The molecule has 0 saturated carbocycles. The van der Waals surface area contributed by atoms with Gasteiger partial charge in [0.1, 0.15) is 5.82 Å². The number of amides is 1. The number of nitrogens with zero attached hydrogens (tertiary/aromatic N) is 4. The summed E-state index contributed by atoms with van der Waals surface area (Å²) in [6.45, 7) is 5.87. The summed E-state index contributed by atoms with van der Waals surface area (Å²) in [5, 5.41) is 11.7. The van der Waals surface area contributed by atoms with Crippen molar-refractivity contribution in [2.24, 2.45) is 0 Å². The minimum absolute atomic E-state index is 0.138. The minimum atomic E-state index is -0.522. The highest BCUT2D eigenvalue weighted by Crippen LogP contribution is 2.31. The van der Waals surface area contributed by atoms with E-state index in [2.05, 4.69) is 33.5 Å². The Kier molecular flexibility index (Phi) is 6.76. The van der Waals surface area contributed by atoms with Crippen molar-refractivity contribution >= 4 is 35.0 Å². The number of pyridine rings is 1. The van der Waals surface area contributed by atoms with Gasteiger partial charge in [0.25, 0.3) is 0 Å². The summed E-state index contributed by atoms with van der Waals surface area (Å²) in [6, 6.07) is 13.7. The number of anilines is 1. The highest BCUT2D eigenvalue weighted by atomic mass is 35.5. The molecule has 0 aliphatic heterocycles. The number of carbonyl (C=O) groups excluding carboxylic acids is 1. The molecule has 0 aliphatic rings. The van der Waals surface area contributed by atoms with Gasteiger partial charge >= 0.3 is 0 Å². The van der Waals surface area contributed by atoms with Gasteiger partial charge in [-0.2, -0.15) is 0 Å². The van der Waals surface area contributed by atoms with Crippen LogP contribution in [-0.2, 0) is 4.79 Å². The molecule has 4 aromatic rings. The zero-order valence-electron chi connectivity index (χ0n) is 18.2. The summed E-state index contributed by atoms with van der Waals surface area (Å²) in [5.41, 5.74) is 4.41. The Balaban J connectivity index is 1.66. The average molecular weight is 482 g/mol. The fourth-order valence-electron chi connectivity index (χ4n) is 3.17. The van der Waals surface area contributed by atoms with E-state index >= 15 is 0 Å². The first-order valence-electron chi connectivity index (χ1n) is 10.2. The molecule has 0 saturated heterocycles. The van der Waals surface area contributed by atoms with Crippen LogP contribution in [0.1, 0.15) is 18.1 Å². The first kappa shape index (κ1) is 22.9. The Morgan fingerprint density at radius 2 is 1.82 bits per heavy atom. The fraction of sp³-hybridized carbons (Fsp3) is 0.167. The summed E-state index contributed by atoms with van der Waals surface area (Å²) in [6.07, 6.45) is 3.40. The number of benzene rings is 2. The molecule has 4 rings (SSSR count). The number of aromatic nitrogens is 4. The topological polar surface area (TPSA) is 72.7 Å². The zero-order valence-corrected chi connectivity index (χ0v) is 19.8. The third kappa shape index (κ3) is 5.07. The van der Waals surface area contributed by atoms with Crippen LogP contribution in [0.3, 0.4) is 0 Å². The Labute approximate surface area is 200 Å². The van der Waals surface area contributed by atoms with Crippen LogP contribution < -0.4 is 5.32 Å². The number of aryl methyl sites for hydroxylation is 2. The molecule has 0 spiro atoms. The van der Waals surface area contributed by atoms with Crippen LogP contribution in [-0.4, -0.2) is 30.9 Å². The SMILES string of the molecule is Cc1ccc(-n2c(SC(C)C(=O)Nc3ccc(F)cc3Cl)nnc2-c2ccncc2)cc1C. The van der Waals surface area contributed by atoms with Gasteiger partial charge < -0.3 is 5.32 Å². The van der Waals surface area contributed by atoms with Crippen LogP contribution in [0.4, 0.5) is 10.1 Å². The molecule has 9 heteroatoms. The smallest absolute Gasteiger partial charge is 0.237 e. The fourth-order valence-corrected chi connectivity index (χ4v) is 4.25. The number of hydrogen-bond donors (Lipinski definition) is 1. The second kappa shape index (κ2) is 9.72. The molecule has 6 nitrogen and oxygen atoms in total. The van der Waals surface area contributed by atoms with Gasteiger partial charge in [0.15, 0.2) is 11.0 Å². The molecule has 0 bridgehead atoms. The van der Waals surface area contributed by atoms with Crippen molar-refractivity contribution in [3.63, 3.8) is 0 Å². The van der Waals surface area contributed by atoms with Crippen molar-refractivity contribution in [1.29, 1.82) is 0 Å². The lowest BCUT2D eigenvalue weighted by atomic mass is 10.1. The largest absolute Gasteiger partial charge is 0.324 e. The van der Waals surface area contributed by atoms with E-state index in [4.69, 9.17) is 11.6 Å². The van der Waals surface area contributed by atoms with Crippen LogP contribution in [0.15, 0.2) is 66.1 Å². The van der Waals surface area contributed by atoms with E-state index in [9.17, 15) is 9.18 Å². The molecule has 2 aromatic heterocycles. The van der Waals surface area contributed by atoms with Gasteiger partial charge in [0, 0.05) is 18.0 Å². The van der Waals surface area contributed by atoms with E-state index in [1.54, 1.807) is 19.3 Å². The molecule has 0 fully saturated rings. The van der Waals surface area contributed by atoms with E-state index in [0.717, 1.165) is 22.9 Å². The van der Waals surface area contributed by atoms with Crippen molar-refractivity contribution in [3.05, 3.63) is 82.9 Å². The van der Waals surface area contributed by atoms with Gasteiger partial charge in [0.05, 0.1) is 21.6 Å². The van der Waals surface area contributed by atoms with E-state index in [1.165, 1.54) is 29.5 Å². The highest BCUT2D eigenvalue weighted by Gasteiger charge is 2.22. The molecule has 2 heterocycles. The third-order valence-corrected chi connectivity index (χ3v) is 6.52. The van der Waals surface area contributed by atoms with Crippen molar-refractivity contribution in [1.82, 2.24) is 19.7 Å². The number of nitrogens with one attached hydrogen (secondary N) is 1. The minimum Gasteiger partial charge on any atom is -0.324 e. The second-order valence-electron chi connectivity index (χ2n) is 7.52. The maximum absolute atomic E-state index is 13.3. The summed E-state index contributed by atoms with van der Waals surface area (Å²) >= 11 is 7.32. The number of hydrogen-bond acceptors (Lipinski definition) is 5. The van der Waals surface area contributed by atoms with Gasteiger partial charge in [-0.25, -0.2) is 4.39 Å². The lowest BCUT2D eigenvalue weighted by molar-refractivity contribution is -0.115. The Bertz CT molecular complexity index is 1310. The average Bonchev–Trinajstić information content (AvgIpc) is 3.21. The van der Waals surface area contributed by atoms with Crippen LogP contribution in [0, 0.1) is 19.7 Å². The molecule has 1 atom stereocenters. The molecule has 0 radical (unpaired) electrons. The molecule has 2 aromatic carbocycles. The molecular formula is C24H21ClFN5OS. The van der Waals surface area contributed by atoms with E-state index in [1.807, 2.05) is 35.8 Å². The molecule has 33 heavy (non-hydrogen) atoms. The highest BCUT2D eigenvalue weighted by molar-refractivity contribution is 8.00. The normalized spacial score (nSPS) is 11.9. The first-order chi connectivity index (χ1) is 15.8. The monoisotopic (exact) mass is 481 g/mol. The predicted octanol–water partition coefficient (Wildman–Crippen LogP) is 5.86. The maximum Gasteiger partial charge on any atom is 0.237 e. The number of halogens is 2. The first-order valence-corrected chi connectivity index (χ1v) is 11.5. The Hall–Kier alpha value is -3.23. The second-order valence-corrected chi connectivity index (χ2v) is 9.23. The standard InChI is InChI=1S/C24H21ClFN5OS/c1-14-4-6-19(12-15(14)2)31-22(17-8-10-27-11-9-17)29-30-24(31)33-16(3)23(32)28-21-7-5-18(26)13-20(21)25/h4-13,16H,1-3H3,(H,28,32). The molecule has 1 amide bonds. The summed E-state index contributed by atoms with van der Waals surface area (Å²) in [4.78, 5) is 16.9. The predicted molar refractivity (Wildman–Crippen MR) is 129 cm³/mol. The van der Waals surface area contributed by atoms with Gasteiger partial charge in [-0.3, -0.25) is 14.3 Å². The number of carbonyl (C=O) groups is 1. The van der Waals surface area contributed by atoms with Crippen molar-refractivity contribution in [2.45, 2.75) is 31.2 Å². The van der Waals surface area contributed by atoms with Crippen molar-refractivity contribution in [2.75, 3.05) is 5.32 Å². The van der Waals surface area contributed by atoms with Crippen LogP contribution in [0.2, 0.25) is 5.02 Å². The third-order valence-electron chi connectivity index (χ3n) is 5.16. The Morgan fingerprint density at radius 1 is 1.06 bits per heavy atom. The molecular weight excluding hydrogens is 461 g/mol. The van der Waals surface area contributed by atoms with Gasteiger partial charge in [-0.15, -0.1) is 10.2 Å². The Morgan fingerprint density at radius 3 is 2.52 bits per heavy atom. The van der Waals surface area contributed by atoms with Crippen molar-refractivity contribution < 1.29 is 9.18 Å². The lowest BCUT2D eigenvalue weighted by Crippen LogP contribution is -2.23. The van der Waals surface area contributed by atoms with Gasteiger partial charge in [0.2, 0.25) is 5.91 Å². The van der Waals surface area contributed by atoms with E-state index in [0.29, 0.717) is 16.7 Å². The maximum atomic E-state index is 13.3. The lowest BCUT2D eigenvalue weighted by Gasteiger charge is -2.15. The summed E-state index contributed by atoms with van der Waals surface area (Å²) in [7, 11) is 0. The molecule has 1 N–H and O–H groups in total. The van der Waals surface area contributed by atoms with E-state index < -0.39 is 11.1 Å². The van der Waals surface area contributed by atoms with Gasteiger partial charge in [-0.05, 0) is 74.4 Å². The van der Waals surface area contributed by atoms with Crippen LogP contribution in [0.5, 0.6) is 0 Å². The molecule has 1 unspecified atom stereocenters. The summed E-state index contributed by atoms with van der Waals surface area (Å²) in [5.74, 6) is -0.100. The van der Waals surface area contributed by atoms with Gasteiger partial charge in [-0.1, -0.05) is 29.4 Å².